The highest BCUT2D eigenvalue weighted by Gasteiger charge is 1.91. The molecule has 0 spiro atoms. The van der Waals surface area contributed by atoms with Crippen LogP contribution in [0.4, 0.5) is 0 Å². The van der Waals surface area contributed by atoms with Gasteiger partial charge in [0.1, 0.15) is 0 Å². The van der Waals surface area contributed by atoms with E-state index in [0.717, 1.165) is 6.42 Å². The Labute approximate surface area is 61.6 Å². The fraction of sp³-hybridized carbons (Fsp3) is 0.625. The van der Waals surface area contributed by atoms with Crippen molar-refractivity contribution in [2.24, 2.45) is 0 Å². The van der Waals surface area contributed by atoms with Crippen LogP contribution in [0.5, 0.6) is 0 Å². The fourth-order valence-corrected chi connectivity index (χ4v) is 0.391. The molecule has 0 rings (SSSR count). The lowest BCUT2D eigenvalue weighted by Gasteiger charge is -1.93. The Hall–Kier alpha value is -0.970. The summed E-state index contributed by atoms with van der Waals surface area (Å²) in [6, 6.07) is 0. The minimum Gasteiger partial charge on any atom is -0.456 e. The van der Waals surface area contributed by atoms with Gasteiger partial charge in [0.2, 0.25) is 0 Å². The maximum Gasteiger partial charge on any atom is 0.384 e. The van der Waals surface area contributed by atoms with Gasteiger partial charge in [-0.1, -0.05) is 19.8 Å². The van der Waals surface area contributed by atoms with E-state index < -0.39 is 5.97 Å². The quantitative estimate of drug-likeness (QED) is 0.329. The normalized spacial score (nSPS) is 7.80. The first kappa shape index (κ1) is 9.03. The van der Waals surface area contributed by atoms with Gasteiger partial charge in [-0.3, -0.25) is 0 Å². The molecule has 0 saturated carbocycles. The van der Waals surface area contributed by atoms with Crippen LogP contribution in [0.15, 0.2) is 0 Å². The highest BCUT2D eigenvalue weighted by atomic mass is 16.5. The molecule has 10 heavy (non-hydrogen) atoms. The molecule has 0 saturated heterocycles. The highest BCUT2D eigenvalue weighted by molar-refractivity contribution is 5.88. The second kappa shape index (κ2) is 6.15. The minimum atomic E-state index is -0.413. The molecule has 0 aliphatic heterocycles. The summed E-state index contributed by atoms with van der Waals surface area (Å²) in [4.78, 5) is 10.6. The molecule has 0 aromatic rings. The van der Waals surface area contributed by atoms with Crippen LogP contribution >= 0.6 is 0 Å². The Morgan fingerprint density at radius 3 is 2.70 bits per heavy atom. The Morgan fingerprint density at radius 2 is 2.20 bits per heavy atom. The van der Waals surface area contributed by atoms with Gasteiger partial charge in [0, 0.05) is 12.3 Å². The molecule has 0 amide bonds. The zero-order valence-corrected chi connectivity index (χ0v) is 6.44. The number of ether oxygens (including phenoxy) is 1. The fourth-order valence-electron chi connectivity index (χ4n) is 0.391. The summed E-state index contributed by atoms with van der Waals surface area (Å²) in [6.45, 7) is 4.30. The van der Waals surface area contributed by atoms with E-state index in [1.54, 1.807) is 0 Å². The first-order chi connectivity index (χ1) is 4.81. The van der Waals surface area contributed by atoms with Gasteiger partial charge in [-0.2, -0.15) is 0 Å². The second-order valence-corrected chi connectivity index (χ2v) is 1.79. The zero-order valence-electron chi connectivity index (χ0n) is 6.44. The molecule has 0 heterocycles. The summed E-state index contributed by atoms with van der Waals surface area (Å²) in [6.07, 6.45) is 1.54. The average molecular weight is 140 g/mol. The molecule has 0 N–H and O–H groups in total. The zero-order chi connectivity index (χ0) is 7.82. The molecule has 0 bridgehead atoms. The van der Waals surface area contributed by atoms with Crippen molar-refractivity contribution in [2.75, 3.05) is 6.61 Å². The van der Waals surface area contributed by atoms with Crippen molar-refractivity contribution in [2.45, 2.75) is 26.7 Å². The van der Waals surface area contributed by atoms with Crippen molar-refractivity contribution >= 4 is 5.97 Å². The van der Waals surface area contributed by atoms with Gasteiger partial charge in [0.05, 0.1) is 6.61 Å². The molecular formula is C8H12O2. The lowest BCUT2D eigenvalue weighted by atomic mass is 10.5. The molecule has 56 valence electrons. The van der Waals surface area contributed by atoms with Gasteiger partial charge in [-0.15, -0.1) is 0 Å². The first-order valence-corrected chi connectivity index (χ1v) is 3.46. The summed E-state index contributed by atoms with van der Waals surface area (Å²) in [5.74, 6) is 4.58. The molecule has 0 aliphatic rings. The topological polar surface area (TPSA) is 26.3 Å². The van der Waals surface area contributed by atoms with E-state index >= 15 is 0 Å². The number of esters is 1. The molecular weight excluding hydrogens is 128 g/mol. The molecule has 0 radical (unpaired) electrons. The Kier molecular flexibility index (Phi) is 5.56. The molecule has 0 aliphatic carbocycles. The molecule has 0 aromatic heterocycles. The molecule has 0 atom stereocenters. The molecule has 2 heteroatoms. The predicted molar refractivity (Wildman–Crippen MR) is 39.3 cm³/mol. The van der Waals surface area contributed by atoms with E-state index in [1.807, 2.05) is 13.8 Å². The van der Waals surface area contributed by atoms with Gasteiger partial charge >= 0.3 is 5.97 Å². The van der Waals surface area contributed by atoms with E-state index in [4.69, 9.17) is 0 Å². The lowest BCUT2D eigenvalue weighted by molar-refractivity contribution is -0.136. The number of rotatable bonds is 2. The van der Waals surface area contributed by atoms with E-state index in [0.29, 0.717) is 13.0 Å². The van der Waals surface area contributed by atoms with Crippen LogP contribution in [0, 0.1) is 11.8 Å². The SMILES string of the molecule is CCC#CC(=O)OCCC. The monoisotopic (exact) mass is 140 g/mol. The summed E-state index contributed by atoms with van der Waals surface area (Å²) in [5, 5.41) is 0. The third kappa shape index (κ3) is 5.17. The maximum atomic E-state index is 10.6. The van der Waals surface area contributed by atoms with Crippen LogP contribution in [0.1, 0.15) is 26.7 Å². The third-order valence-corrected chi connectivity index (χ3v) is 0.805. The Balaban J connectivity index is 3.43. The van der Waals surface area contributed by atoms with Crippen molar-refractivity contribution in [1.82, 2.24) is 0 Å². The number of carbonyl (C=O) groups is 1. The van der Waals surface area contributed by atoms with Crippen molar-refractivity contribution in [3.63, 3.8) is 0 Å². The van der Waals surface area contributed by atoms with E-state index in [-0.39, 0.29) is 0 Å². The maximum absolute atomic E-state index is 10.6. The van der Waals surface area contributed by atoms with Crippen molar-refractivity contribution in [3.8, 4) is 11.8 Å². The second-order valence-electron chi connectivity index (χ2n) is 1.79. The van der Waals surface area contributed by atoms with Crippen LogP contribution < -0.4 is 0 Å². The van der Waals surface area contributed by atoms with E-state index in [2.05, 4.69) is 16.6 Å². The Morgan fingerprint density at radius 1 is 1.50 bits per heavy atom. The summed E-state index contributed by atoms with van der Waals surface area (Å²) in [7, 11) is 0. The lowest BCUT2D eigenvalue weighted by Crippen LogP contribution is -2.01. The van der Waals surface area contributed by atoms with Crippen molar-refractivity contribution in [3.05, 3.63) is 0 Å². The smallest absolute Gasteiger partial charge is 0.384 e. The van der Waals surface area contributed by atoms with Gasteiger partial charge < -0.3 is 4.74 Å². The van der Waals surface area contributed by atoms with Gasteiger partial charge in [0.15, 0.2) is 0 Å². The molecule has 0 unspecified atom stereocenters. The van der Waals surface area contributed by atoms with Crippen LogP contribution in [0.2, 0.25) is 0 Å². The van der Waals surface area contributed by atoms with E-state index in [1.165, 1.54) is 0 Å². The van der Waals surface area contributed by atoms with E-state index in [9.17, 15) is 4.79 Å². The average Bonchev–Trinajstić information content (AvgIpc) is 1.97. The van der Waals surface area contributed by atoms with Crippen molar-refractivity contribution < 1.29 is 9.53 Å². The predicted octanol–water partition coefficient (Wildman–Crippen LogP) is 1.35. The number of hydrogen-bond donors (Lipinski definition) is 0. The van der Waals surface area contributed by atoms with Crippen LogP contribution in [-0.4, -0.2) is 12.6 Å². The molecule has 2 nitrogen and oxygen atoms in total. The third-order valence-electron chi connectivity index (χ3n) is 0.805. The number of carbonyl (C=O) groups excluding carboxylic acids is 1. The largest absolute Gasteiger partial charge is 0.456 e. The molecule has 0 aromatic carbocycles. The van der Waals surface area contributed by atoms with Crippen LogP contribution in [0.3, 0.4) is 0 Å². The first-order valence-electron chi connectivity index (χ1n) is 3.46. The number of hydrogen-bond acceptors (Lipinski definition) is 2. The standard InChI is InChI=1S/C8H12O2/c1-3-5-6-8(9)10-7-4-2/h3-4,7H2,1-2H3. The Bertz CT molecular complexity index is 150. The van der Waals surface area contributed by atoms with Gasteiger partial charge in [0.25, 0.3) is 0 Å². The minimum absolute atomic E-state index is 0.413. The van der Waals surface area contributed by atoms with Crippen molar-refractivity contribution in [1.29, 1.82) is 0 Å². The highest BCUT2D eigenvalue weighted by Crippen LogP contribution is 1.80. The molecule has 0 fully saturated rings. The summed E-state index contributed by atoms with van der Waals surface area (Å²) in [5.41, 5.74) is 0. The van der Waals surface area contributed by atoms with Crippen LogP contribution in [-0.2, 0) is 9.53 Å². The van der Waals surface area contributed by atoms with Gasteiger partial charge in [-0.25, -0.2) is 4.79 Å². The van der Waals surface area contributed by atoms with Crippen LogP contribution in [0.25, 0.3) is 0 Å². The summed E-state index contributed by atoms with van der Waals surface area (Å²) < 4.78 is 4.68. The van der Waals surface area contributed by atoms with Gasteiger partial charge in [-0.05, 0) is 6.42 Å². The summed E-state index contributed by atoms with van der Waals surface area (Å²) >= 11 is 0.